The molecule has 0 unspecified atom stereocenters. The molecule has 0 spiro atoms. The number of hydrogen-bond acceptors (Lipinski definition) is 3. The molecule has 132 valence electrons. The number of sulfonamides is 1. The van der Waals surface area contributed by atoms with E-state index < -0.39 is 16.0 Å². The third-order valence-corrected chi connectivity index (χ3v) is 6.18. The van der Waals surface area contributed by atoms with Gasteiger partial charge in [0.05, 0.1) is 16.1 Å². The van der Waals surface area contributed by atoms with Gasteiger partial charge in [-0.05, 0) is 54.0 Å². The third-order valence-electron chi connectivity index (χ3n) is 4.74. The SMILES string of the molecule is O=C(O)c1cc2c(c(S(=O)(=O)Nc3cccc4ccccc34)c1)CCC2. The Morgan fingerprint density at radius 1 is 1.00 bits per heavy atom. The smallest absolute Gasteiger partial charge is 0.335 e. The Morgan fingerprint density at radius 2 is 1.77 bits per heavy atom. The van der Waals surface area contributed by atoms with Gasteiger partial charge in [0.2, 0.25) is 0 Å². The van der Waals surface area contributed by atoms with Gasteiger partial charge in [0.1, 0.15) is 0 Å². The standard InChI is InChI=1S/C20H17NO4S/c22-20(23)15-11-14-7-3-9-17(14)19(12-15)26(24,25)21-18-10-4-6-13-5-1-2-8-16(13)18/h1-2,4-6,8,10-12,21H,3,7,9H2,(H,22,23). The summed E-state index contributed by atoms with van der Waals surface area (Å²) in [5.41, 5.74) is 2.02. The van der Waals surface area contributed by atoms with E-state index in [4.69, 9.17) is 0 Å². The molecule has 0 saturated heterocycles. The molecule has 2 N–H and O–H groups in total. The van der Waals surface area contributed by atoms with Crippen molar-refractivity contribution >= 4 is 32.5 Å². The monoisotopic (exact) mass is 367 g/mol. The molecule has 0 fully saturated rings. The van der Waals surface area contributed by atoms with Crippen molar-refractivity contribution in [2.75, 3.05) is 4.72 Å². The molecule has 1 aliphatic rings. The number of fused-ring (bicyclic) bond motifs is 2. The van der Waals surface area contributed by atoms with Crippen molar-refractivity contribution in [2.45, 2.75) is 24.2 Å². The van der Waals surface area contributed by atoms with E-state index in [0.717, 1.165) is 28.3 Å². The zero-order valence-electron chi connectivity index (χ0n) is 13.9. The Morgan fingerprint density at radius 3 is 2.58 bits per heavy atom. The van der Waals surface area contributed by atoms with Crippen LogP contribution >= 0.6 is 0 Å². The van der Waals surface area contributed by atoms with Gasteiger partial charge in [-0.3, -0.25) is 4.72 Å². The highest BCUT2D eigenvalue weighted by Gasteiger charge is 2.26. The second-order valence-corrected chi connectivity index (χ2v) is 8.05. The Balaban J connectivity index is 1.84. The molecular weight excluding hydrogens is 350 g/mol. The Hall–Kier alpha value is -2.86. The number of nitrogens with one attached hydrogen (secondary N) is 1. The van der Waals surface area contributed by atoms with Crippen molar-refractivity contribution in [3.05, 3.63) is 71.3 Å². The minimum atomic E-state index is -3.90. The Kier molecular flexibility index (Phi) is 3.92. The summed E-state index contributed by atoms with van der Waals surface area (Å²) in [5.74, 6) is -1.12. The first-order valence-corrected chi connectivity index (χ1v) is 9.84. The van der Waals surface area contributed by atoms with Gasteiger partial charge in [-0.25, -0.2) is 13.2 Å². The van der Waals surface area contributed by atoms with Crippen LogP contribution in [0.5, 0.6) is 0 Å². The molecule has 5 nitrogen and oxygen atoms in total. The maximum Gasteiger partial charge on any atom is 0.335 e. The number of carbonyl (C=O) groups is 1. The third kappa shape index (κ3) is 2.82. The van der Waals surface area contributed by atoms with Crippen LogP contribution in [0, 0.1) is 0 Å². The molecule has 0 saturated carbocycles. The van der Waals surface area contributed by atoms with Crippen LogP contribution in [-0.4, -0.2) is 19.5 Å². The average molecular weight is 367 g/mol. The summed E-state index contributed by atoms with van der Waals surface area (Å²) in [4.78, 5) is 11.5. The van der Waals surface area contributed by atoms with E-state index in [0.29, 0.717) is 18.5 Å². The molecule has 1 aliphatic carbocycles. The van der Waals surface area contributed by atoms with E-state index >= 15 is 0 Å². The summed E-state index contributed by atoms with van der Waals surface area (Å²) in [7, 11) is -3.90. The minimum Gasteiger partial charge on any atom is -0.478 e. The minimum absolute atomic E-state index is 0.00365. The normalized spacial score (nSPS) is 13.5. The van der Waals surface area contributed by atoms with Crippen LogP contribution in [0.3, 0.4) is 0 Å². The number of hydrogen-bond donors (Lipinski definition) is 2. The van der Waals surface area contributed by atoms with Gasteiger partial charge in [-0.15, -0.1) is 0 Å². The maximum atomic E-state index is 13.1. The molecule has 3 aromatic carbocycles. The lowest BCUT2D eigenvalue weighted by atomic mass is 10.1. The largest absolute Gasteiger partial charge is 0.478 e. The summed E-state index contributed by atoms with van der Waals surface area (Å²) in [5, 5.41) is 11.0. The molecule has 3 aromatic rings. The highest BCUT2D eigenvalue weighted by Crippen LogP contribution is 2.32. The number of carboxylic acid groups (broad SMARTS) is 1. The lowest BCUT2D eigenvalue weighted by Crippen LogP contribution is -2.16. The van der Waals surface area contributed by atoms with Crippen molar-refractivity contribution in [3.8, 4) is 0 Å². The average Bonchev–Trinajstić information content (AvgIpc) is 3.09. The molecule has 0 aromatic heterocycles. The van der Waals surface area contributed by atoms with E-state index in [9.17, 15) is 18.3 Å². The second-order valence-electron chi connectivity index (χ2n) is 6.40. The molecule has 0 bridgehead atoms. The van der Waals surface area contributed by atoms with E-state index in [2.05, 4.69) is 4.72 Å². The Bertz CT molecular complexity index is 1130. The predicted octanol–water partition coefficient (Wildman–Crippen LogP) is 3.83. The van der Waals surface area contributed by atoms with Gasteiger partial charge in [0.15, 0.2) is 0 Å². The second kappa shape index (κ2) is 6.14. The summed E-state index contributed by atoms with van der Waals surface area (Å²) in [6.45, 7) is 0. The number of anilines is 1. The van der Waals surface area contributed by atoms with Gasteiger partial charge in [-0.1, -0.05) is 36.4 Å². The molecule has 0 amide bonds. The van der Waals surface area contributed by atoms with Crippen LogP contribution in [0.2, 0.25) is 0 Å². The summed E-state index contributed by atoms with van der Waals surface area (Å²) in [6, 6.07) is 15.8. The highest BCUT2D eigenvalue weighted by molar-refractivity contribution is 7.92. The van der Waals surface area contributed by atoms with Crippen LogP contribution in [0.4, 0.5) is 5.69 Å². The van der Waals surface area contributed by atoms with Gasteiger partial charge >= 0.3 is 5.97 Å². The van der Waals surface area contributed by atoms with Crippen LogP contribution in [0.25, 0.3) is 10.8 Å². The number of rotatable bonds is 4. The molecular formula is C20H17NO4S. The first kappa shape index (κ1) is 16.6. The van der Waals surface area contributed by atoms with Crippen LogP contribution in [0.15, 0.2) is 59.5 Å². The van der Waals surface area contributed by atoms with E-state index in [1.54, 1.807) is 18.2 Å². The first-order chi connectivity index (χ1) is 12.5. The summed E-state index contributed by atoms with van der Waals surface area (Å²) >= 11 is 0. The van der Waals surface area contributed by atoms with Crippen molar-refractivity contribution in [3.63, 3.8) is 0 Å². The molecule has 4 rings (SSSR count). The molecule has 26 heavy (non-hydrogen) atoms. The molecule has 0 atom stereocenters. The fourth-order valence-electron chi connectivity index (χ4n) is 3.54. The maximum absolute atomic E-state index is 13.1. The van der Waals surface area contributed by atoms with Gasteiger partial charge in [0.25, 0.3) is 10.0 Å². The van der Waals surface area contributed by atoms with Gasteiger partial charge in [0, 0.05) is 5.39 Å². The first-order valence-electron chi connectivity index (χ1n) is 8.35. The lowest BCUT2D eigenvalue weighted by molar-refractivity contribution is 0.0696. The molecule has 0 aliphatic heterocycles. The summed E-state index contributed by atoms with van der Waals surface area (Å²) < 4.78 is 28.8. The van der Waals surface area contributed by atoms with Crippen molar-refractivity contribution in [2.24, 2.45) is 0 Å². The van der Waals surface area contributed by atoms with E-state index in [1.807, 2.05) is 30.3 Å². The predicted molar refractivity (Wildman–Crippen MR) is 100 cm³/mol. The Labute approximate surface area is 151 Å². The van der Waals surface area contributed by atoms with Crippen LogP contribution < -0.4 is 4.72 Å². The zero-order valence-corrected chi connectivity index (χ0v) is 14.7. The molecule has 6 heteroatoms. The molecule has 0 heterocycles. The topological polar surface area (TPSA) is 83.5 Å². The molecule has 0 radical (unpaired) electrons. The van der Waals surface area contributed by atoms with Crippen LogP contribution in [-0.2, 0) is 22.9 Å². The fraction of sp³-hybridized carbons (Fsp3) is 0.150. The van der Waals surface area contributed by atoms with Gasteiger partial charge < -0.3 is 5.11 Å². The highest BCUT2D eigenvalue weighted by atomic mass is 32.2. The fourth-order valence-corrected chi connectivity index (χ4v) is 4.96. The number of carboxylic acids is 1. The van der Waals surface area contributed by atoms with Crippen molar-refractivity contribution in [1.29, 1.82) is 0 Å². The quantitative estimate of drug-likeness (QED) is 0.734. The summed E-state index contributed by atoms with van der Waals surface area (Å²) in [6.07, 6.45) is 2.17. The van der Waals surface area contributed by atoms with Crippen molar-refractivity contribution < 1.29 is 18.3 Å². The van der Waals surface area contributed by atoms with E-state index in [-0.39, 0.29) is 10.5 Å². The number of aromatic carboxylic acids is 1. The number of benzene rings is 3. The van der Waals surface area contributed by atoms with Gasteiger partial charge in [-0.2, -0.15) is 0 Å². The van der Waals surface area contributed by atoms with Crippen molar-refractivity contribution in [1.82, 2.24) is 0 Å². The van der Waals surface area contributed by atoms with E-state index in [1.165, 1.54) is 6.07 Å². The zero-order chi connectivity index (χ0) is 18.3. The number of aryl methyl sites for hydroxylation is 1. The lowest BCUT2D eigenvalue weighted by Gasteiger charge is -2.14. The van der Waals surface area contributed by atoms with Crippen LogP contribution in [0.1, 0.15) is 27.9 Å².